The summed E-state index contributed by atoms with van der Waals surface area (Å²) in [7, 11) is 0. The number of rotatable bonds is 4. The quantitative estimate of drug-likeness (QED) is 0.871. The van der Waals surface area contributed by atoms with Crippen LogP contribution in [-0.4, -0.2) is 23.5 Å². The van der Waals surface area contributed by atoms with Crippen molar-refractivity contribution in [3.8, 4) is 0 Å². The second-order valence-electron chi connectivity index (χ2n) is 5.67. The molecule has 4 nitrogen and oxygen atoms in total. The zero-order valence-corrected chi connectivity index (χ0v) is 11.3. The Morgan fingerprint density at radius 1 is 1.32 bits per heavy atom. The third kappa shape index (κ3) is 2.78. The predicted octanol–water partition coefficient (Wildman–Crippen LogP) is 2.02. The van der Waals surface area contributed by atoms with Gasteiger partial charge >= 0.3 is 5.97 Å². The van der Waals surface area contributed by atoms with Crippen molar-refractivity contribution < 1.29 is 14.7 Å². The third-order valence-electron chi connectivity index (χ3n) is 3.66. The zero-order chi connectivity index (χ0) is 14.0. The summed E-state index contributed by atoms with van der Waals surface area (Å²) in [6.45, 7) is 3.33. The highest BCUT2D eigenvalue weighted by molar-refractivity contribution is 5.96. The van der Waals surface area contributed by atoms with E-state index in [1.165, 1.54) is 5.56 Å². The largest absolute Gasteiger partial charge is 0.481 e. The summed E-state index contributed by atoms with van der Waals surface area (Å²) in [6.07, 6.45) is 3.04. The van der Waals surface area contributed by atoms with Gasteiger partial charge in [-0.2, -0.15) is 0 Å². The van der Waals surface area contributed by atoms with Gasteiger partial charge in [0, 0.05) is 12.1 Å². The maximum Gasteiger partial charge on any atom is 0.310 e. The average molecular weight is 261 g/mol. The standard InChI is InChI=1S/C15H19NO3/c1-15(2,14(18)19)9-16-13(17)12-8-4-6-10-5-3-7-11(10)12/h4,6,8H,3,5,7,9H2,1-2H3,(H,16,17)(H,18,19). The zero-order valence-electron chi connectivity index (χ0n) is 11.3. The Morgan fingerprint density at radius 2 is 2.05 bits per heavy atom. The molecule has 2 N–H and O–H groups in total. The number of carbonyl (C=O) groups excluding carboxylic acids is 1. The average Bonchev–Trinajstić information content (AvgIpc) is 2.83. The molecule has 0 aromatic heterocycles. The molecule has 102 valence electrons. The number of aryl methyl sites for hydroxylation is 1. The van der Waals surface area contributed by atoms with Gasteiger partial charge in [-0.25, -0.2) is 0 Å². The first-order valence-corrected chi connectivity index (χ1v) is 6.54. The van der Waals surface area contributed by atoms with Gasteiger partial charge in [0.05, 0.1) is 5.41 Å². The van der Waals surface area contributed by atoms with Crippen LogP contribution in [0.5, 0.6) is 0 Å². The van der Waals surface area contributed by atoms with Crippen molar-refractivity contribution in [3.63, 3.8) is 0 Å². The topological polar surface area (TPSA) is 66.4 Å². The minimum absolute atomic E-state index is 0.130. The summed E-state index contributed by atoms with van der Waals surface area (Å²) < 4.78 is 0. The summed E-state index contributed by atoms with van der Waals surface area (Å²) >= 11 is 0. The van der Waals surface area contributed by atoms with Gasteiger partial charge in [-0.1, -0.05) is 12.1 Å². The monoisotopic (exact) mass is 261 g/mol. The number of carboxylic acids is 1. The van der Waals surface area contributed by atoms with Gasteiger partial charge in [0.25, 0.3) is 5.91 Å². The van der Waals surface area contributed by atoms with E-state index in [2.05, 4.69) is 11.4 Å². The summed E-state index contributed by atoms with van der Waals surface area (Å²) in [5.41, 5.74) is 2.10. The molecule has 0 heterocycles. The molecule has 0 saturated carbocycles. The third-order valence-corrected chi connectivity index (χ3v) is 3.66. The second-order valence-corrected chi connectivity index (χ2v) is 5.67. The van der Waals surface area contributed by atoms with Crippen LogP contribution in [0.4, 0.5) is 0 Å². The lowest BCUT2D eigenvalue weighted by Crippen LogP contribution is -2.39. The van der Waals surface area contributed by atoms with Gasteiger partial charge < -0.3 is 10.4 Å². The van der Waals surface area contributed by atoms with Gasteiger partial charge in [-0.3, -0.25) is 9.59 Å². The van der Waals surface area contributed by atoms with Gasteiger partial charge in [0.1, 0.15) is 0 Å². The van der Waals surface area contributed by atoms with Crippen LogP contribution in [-0.2, 0) is 17.6 Å². The molecule has 0 atom stereocenters. The first kappa shape index (κ1) is 13.6. The molecule has 2 rings (SSSR count). The molecule has 1 aromatic rings. The Bertz CT molecular complexity index is 520. The number of aliphatic carboxylic acids is 1. The van der Waals surface area contributed by atoms with E-state index in [-0.39, 0.29) is 12.5 Å². The number of carbonyl (C=O) groups is 2. The smallest absolute Gasteiger partial charge is 0.310 e. The van der Waals surface area contributed by atoms with Crippen LogP contribution >= 0.6 is 0 Å². The van der Waals surface area contributed by atoms with Gasteiger partial charge in [-0.15, -0.1) is 0 Å². The number of fused-ring (bicyclic) bond motifs is 1. The molecule has 1 aliphatic carbocycles. The van der Waals surface area contributed by atoms with Crippen molar-refractivity contribution in [1.29, 1.82) is 0 Å². The highest BCUT2D eigenvalue weighted by atomic mass is 16.4. The molecule has 1 aliphatic rings. The van der Waals surface area contributed by atoms with Crippen LogP contribution in [0, 0.1) is 5.41 Å². The maximum atomic E-state index is 12.2. The highest BCUT2D eigenvalue weighted by Gasteiger charge is 2.28. The van der Waals surface area contributed by atoms with E-state index in [1.807, 2.05) is 12.1 Å². The predicted molar refractivity (Wildman–Crippen MR) is 72.2 cm³/mol. The number of amides is 1. The number of hydrogen-bond acceptors (Lipinski definition) is 2. The molecule has 0 saturated heterocycles. The van der Waals surface area contributed by atoms with Crippen LogP contribution in [0.25, 0.3) is 0 Å². The molecule has 0 unspecified atom stereocenters. The van der Waals surface area contributed by atoms with Crippen molar-refractivity contribution in [2.45, 2.75) is 33.1 Å². The second kappa shape index (κ2) is 5.03. The van der Waals surface area contributed by atoms with E-state index in [0.717, 1.165) is 24.8 Å². The van der Waals surface area contributed by atoms with Gasteiger partial charge in [0.2, 0.25) is 0 Å². The molecule has 0 radical (unpaired) electrons. The Kier molecular flexibility index (Phi) is 3.60. The molecule has 0 fully saturated rings. The Hall–Kier alpha value is -1.84. The van der Waals surface area contributed by atoms with E-state index in [9.17, 15) is 9.59 Å². The molecular weight excluding hydrogens is 242 g/mol. The first-order valence-electron chi connectivity index (χ1n) is 6.54. The van der Waals surface area contributed by atoms with Crippen LogP contribution in [0.3, 0.4) is 0 Å². The van der Waals surface area contributed by atoms with Crippen molar-refractivity contribution in [1.82, 2.24) is 5.32 Å². The Morgan fingerprint density at radius 3 is 2.74 bits per heavy atom. The van der Waals surface area contributed by atoms with E-state index >= 15 is 0 Å². The highest BCUT2D eigenvalue weighted by Crippen LogP contribution is 2.25. The SMILES string of the molecule is CC(C)(CNC(=O)c1cccc2c1CCC2)C(=O)O. The fourth-order valence-electron chi connectivity index (χ4n) is 2.30. The van der Waals surface area contributed by atoms with Crippen molar-refractivity contribution in [2.75, 3.05) is 6.54 Å². The van der Waals surface area contributed by atoms with E-state index in [0.29, 0.717) is 5.56 Å². The van der Waals surface area contributed by atoms with E-state index in [1.54, 1.807) is 13.8 Å². The summed E-state index contributed by atoms with van der Waals surface area (Å²) in [5, 5.41) is 11.8. The summed E-state index contributed by atoms with van der Waals surface area (Å²) in [6, 6.07) is 5.76. The van der Waals surface area contributed by atoms with Gasteiger partial charge in [0.15, 0.2) is 0 Å². The molecule has 0 bridgehead atoms. The van der Waals surface area contributed by atoms with Crippen LogP contribution in [0.2, 0.25) is 0 Å². The number of nitrogens with one attached hydrogen (secondary N) is 1. The molecule has 1 amide bonds. The fourth-order valence-corrected chi connectivity index (χ4v) is 2.30. The molecule has 0 spiro atoms. The van der Waals surface area contributed by atoms with E-state index < -0.39 is 11.4 Å². The number of benzene rings is 1. The first-order chi connectivity index (χ1) is 8.92. The minimum Gasteiger partial charge on any atom is -0.481 e. The molecule has 1 aromatic carbocycles. The molecule has 4 heteroatoms. The van der Waals surface area contributed by atoms with Crippen LogP contribution < -0.4 is 5.32 Å². The van der Waals surface area contributed by atoms with Crippen molar-refractivity contribution in [2.24, 2.45) is 5.41 Å². The summed E-state index contributed by atoms with van der Waals surface area (Å²) in [4.78, 5) is 23.2. The molecule has 0 aliphatic heterocycles. The normalized spacial score (nSPS) is 14.0. The lowest BCUT2D eigenvalue weighted by Gasteiger charge is -2.20. The fraction of sp³-hybridized carbons (Fsp3) is 0.467. The lowest BCUT2D eigenvalue weighted by molar-refractivity contribution is -0.146. The molecule has 19 heavy (non-hydrogen) atoms. The number of carboxylic acid groups (broad SMARTS) is 1. The van der Waals surface area contributed by atoms with Crippen molar-refractivity contribution in [3.05, 3.63) is 34.9 Å². The van der Waals surface area contributed by atoms with Crippen LogP contribution in [0.1, 0.15) is 41.8 Å². The van der Waals surface area contributed by atoms with E-state index in [4.69, 9.17) is 5.11 Å². The lowest BCUT2D eigenvalue weighted by atomic mass is 9.93. The Balaban J connectivity index is 2.10. The Labute approximate surface area is 112 Å². The maximum absolute atomic E-state index is 12.2. The van der Waals surface area contributed by atoms with Gasteiger partial charge in [-0.05, 0) is 50.3 Å². The molecular formula is C15H19NO3. The minimum atomic E-state index is -0.951. The van der Waals surface area contributed by atoms with Crippen LogP contribution in [0.15, 0.2) is 18.2 Å². The summed E-state index contributed by atoms with van der Waals surface area (Å²) in [5.74, 6) is -1.08. The van der Waals surface area contributed by atoms with Crippen molar-refractivity contribution >= 4 is 11.9 Å². The number of hydrogen-bond donors (Lipinski definition) is 2.